The third-order valence-electron chi connectivity index (χ3n) is 13.3. The van der Waals surface area contributed by atoms with Gasteiger partial charge in [0.2, 0.25) is 0 Å². The maximum Gasteiger partial charge on any atom is 0.263 e. The van der Waals surface area contributed by atoms with E-state index < -0.39 is 0 Å². The second kappa shape index (κ2) is 11.9. The number of hydrogen-bond donors (Lipinski definition) is 0. The molecule has 10 aromatic carbocycles. The fourth-order valence-corrected chi connectivity index (χ4v) is 10.6. The van der Waals surface area contributed by atoms with Crippen LogP contribution >= 0.6 is 0 Å². The Labute approximate surface area is 348 Å². The van der Waals surface area contributed by atoms with E-state index in [0.717, 1.165) is 60.5 Å². The first-order valence-electron chi connectivity index (χ1n) is 20.9. The fraction of sp³-hybridized carbons (Fsp3) is 0. The number of fused-ring (bicyclic) bond motifs is 14. The summed E-state index contributed by atoms with van der Waals surface area (Å²) in [7, 11) is 0. The van der Waals surface area contributed by atoms with Crippen LogP contribution in [-0.4, -0.2) is 13.5 Å². The summed E-state index contributed by atoms with van der Waals surface area (Å²) in [6.07, 6.45) is 0. The minimum atomic E-state index is 0.0307. The lowest BCUT2D eigenvalue weighted by Crippen LogP contribution is -2.12. The first-order chi connectivity index (χ1) is 30.2. The smallest absolute Gasteiger partial charge is 0.263 e. The summed E-state index contributed by atoms with van der Waals surface area (Å²) in [4.78, 5) is 13.9. The molecule has 4 heterocycles. The molecule has 0 N–H and O–H groups in total. The highest BCUT2D eigenvalue weighted by molar-refractivity contribution is 6.22. The van der Waals surface area contributed by atoms with E-state index in [-0.39, 0.29) is 5.56 Å². The van der Waals surface area contributed by atoms with Gasteiger partial charge in [-0.2, -0.15) is 0 Å². The predicted octanol–water partition coefficient (Wildman–Crippen LogP) is 14.4. The van der Waals surface area contributed by atoms with Crippen molar-refractivity contribution in [2.24, 2.45) is 0 Å². The normalized spacial score (nSPS) is 12.3. The number of pyridine rings is 1. The topological polar surface area (TPSA) is 31.3 Å². The first kappa shape index (κ1) is 32.7. The number of hydrogen-bond acceptors (Lipinski definition) is 1. The van der Waals surface area contributed by atoms with Gasteiger partial charge in [0.05, 0.1) is 33.1 Å². The number of para-hydroxylation sites is 4. The SMILES string of the molecule is O=c1c2ccccc2c2cccc3c4cc(-c5ccc6ccc7cc(-n8c9ccccc9c9cc%10c%11ccccc%11n(-c%11ccccc%11)c%10cc98)ccc7c6c5)ccc4n1c23. The van der Waals surface area contributed by atoms with Crippen molar-refractivity contribution in [3.63, 3.8) is 0 Å². The van der Waals surface area contributed by atoms with Gasteiger partial charge in [-0.25, -0.2) is 0 Å². The Morgan fingerprint density at radius 2 is 0.836 bits per heavy atom. The molecule has 4 nitrogen and oxygen atoms in total. The minimum Gasteiger partial charge on any atom is -0.309 e. The van der Waals surface area contributed by atoms with Crippen LogP contribution in [0.4, 0.5) is 0 Å². The Hall–Kier alpha value is -8.21. The first-order valence-corrected chi connectivity index (χ1v) is 20.9. The summed E-state index contributed by atoms with van der Waals surface area (Å²) in [5.74, 6) is 0. The number of aromatic nitrogens is 3. The zero-order valence-electron chi connectivity index (χ0n) is 32.8. The molecule has 0 spiro atoms. The van der Waals surface area contributed by atoms with Crippen LogP contribution in [0.15, 0.2) is 205 Å². The Morgan fingerprint density at radius 3 is 1.59 bits per heavy atom. The lowest BCUT2D eigenvalue weighted by atomic mass is 9.96. The molecule has 0 unspecified atom stereocenters. The van der Waals surface area contributed by atoms with Crippen LogP contribution in [0, 0.1) is 0 Å². The van der Waals surface area contributed by atoms with E-state index in [1.807, 2.05) is 22.6 Å². The summed E-state index contributed by atoms with van der Waals surface area (Å²) in [5, 5.41) is 14.9. The van der Waals surface area contributed by atoms with Crippen molar-refractivity contribution in [3.8, 4) is 22.5 Å². The van der Waals surface area contributed by atoms with E-state index in [9.17, 15) is 4.79 Å². The van der Waals surface area contributed by atoms with Gasteiger partial charge in [-0.15, -0.1) is 0 Å². The Balaban J connectivity index is 0.953. The summed E-state index contributed by atoms with van der Waals surface area (Å²) in [5.41, 5.74) is 11.3. The second-order valence-electron chi connectivity index (χ2n) is 16.5. The molecule has 4 aromatic heterocycles. The molecule has 0 aliphatic carbocycles. The maximum absolute atomic E-state index is 13.9. The van der Waals surface area contributed by atoms with Crippen molar-refractivity contribution in [2.45, 2.75) is 0 Å². The van der Waals surface area contributed by atoms with Gasteiger partial charge in [0.15, 0.2) is 0 Å². The van der Waals surface area contributed by atoms with E-state index in [4.69, 9.17) is 0 Å². The predicted molar refractivity (Wildman–Crippen MR) is 256 cm³/mol. The van der Waals surface area contributed by atoms with Crippen LogP contribution in [0.5, 0.6) is 0 Å². The van der Waals surface area contributed by atoms with Crippen molar-refractivity contribution in [1.82, 2.24) is 13.5 Å². The Bertz CT molecular complexity index is 4240. The largest absolute Gasteiger partial charge is 0.309 e. The fourth-order valence-electron chi connectivity index (χ4n) is 10.6. The van der Waals surface area contributed by atoms with Crippen molar-refractivity contribution in [2.75, 3.05) is 0 Å². The third-order valence-corrected chi connectivity index (χ3v) is 13.3. The van der Waals surface area contributed by atoms with Crippen LogP contribution in [0.2, 0.25) is 0 Å². The van der Waals surface area contributed by atoms with Gasteiger partial charge in [0.1, 0.15) is 0 Å². The summed E-state index contributed by atoms with van der Waals surface area (Å²) in [6, 6.07) is 72.2. The van der Waals surface area contributed by atoms with Crippen molar-refractivity contribution < 1.29 is 0 Å². The van der Waals surface area contributed by atoms with Gasteiger partial charge >= 0.3 is 0 Å². The summed E-state index contributed by atoms with van der Waals surface area (Å²) in [6.45, 7) is 0. The molecule has 0 atom stereocenters. The van der Waals surface area contributed by atoms with Crippen molar-refractivity contribution in [3.05, 3.63) is 211 Å². The standard InChI is InChI=1S/C57H33N3O/c61-57-46-16-5-4-13-41(46)44-17-10-18-45-48-31-36(25-28-53(48)60(57)56(44)45)35-23-21-34-22-24-37-29-39(26-27-40(37)47(34)30-35)59-52-20-9-7-15-43(52)50-32-49-42-14-6-8-19-51(42)58(54(49)33-55(50)59)38-11-2-1-3-12-38/h1-33H. The zero-order chi connectivity index (χ0) is 39.9. The molecule has 4 heteroatoms. The van der Waals surface area contributed by atoms with Gasteiger partial charge < -0.3 is 9.13 Å². The Kier molecular flexibility index (Phi) is 6.40. The molecular weight excluding hydrogens is 743 g/mol. The molecule has 0 saturated carbocycles. The average Bonchev–Trinajstić information content (AvgIpc) is 3.95. The molecule has 0 bridgehead atoms. The molecule has 14 rings (SSSR count). The van der Waals surface area contributed by atoms with Crippen LogP contribution in [0.1, 0.15) is 0 Å². The van der Waals surface area contributed by atoms with Gasteiger partial charge in [0.25, 0.3) is 5.56 Å². The van der Waals surface area contributed by atoms with E-state index in [1.165, 1.54) is 65.2 Å². The lowest BCUT2D eigenvalue weighted by Gasteiger charge is -2.12. The van der Waals surface area contributed by atoms with Crippen molar-refractivity contribution in [1.29, 1.82) is 0 Å². The number of rotatable bonds is 3. The van der Waals surface area contributed by atoms with E-state index in [0.29, 0.717) is 0 Å². The van der Waals surface area contributed by atoms with E-state index >= 15 is 0 Å². The molecule has 0 saturated heterocycles. The molecule has 61 heavy (non-hydrogen) atoms. The zero-order valence-corrected chi connectivity index (χ0v) is 32.8. The summed E-state index contributed by atoms with van der Waals surface area (Å²) >= 11 is 0. The van der Waals surface area contributed by atoms with Crippen LogP contribution in [-0.2, 0) is 0 Å². The second-order valence-corrected chi connectivity index (χ2v) is 16.5. The molecular formula is C57H33N3O. The van der Waals surface area contributed by atoms with E-state index in [2.05, 4.69) is 191 Å². The van der Waals surface area contributed by atoms with Crippen LogP contribution in [0.25, 0.3) is 126 Å². The minimum absolute atomic E-state index is 0.0307. The van der Waals surface area contributed by atoms with E-state index in [1.54, 1.807) is 0 Å². The molecule has 14 aromatic rings. The average molecular weight is 776 g/mol. The number of nitrogens with zero attached hydrogens (tertiary/aromatic N) is 3. The van der Waals surface area contributed by atoms with Gasteiger partial charge in [0, 0.05) is 54.5 Å². The molecule has 0 radical (unpaired) electrons. The molecule has 0 aliphatic heterocycles. The molecule has 0 amide bonds. The quantitative estimate of drug-likeness (QED) is 0.164. The van der Waals surface area contributed by atoms with Crippen molar-refractivity contribution >= 4 is 103 Å². The van der Waals surface area contributed by atoms with Crippen LogP contribution < -0.4 is 5.56 Å². The van der Waals surface area contributed by atoms with Gasteiger partial charge in [-0.1, -0.05) is 127 Å². The number of benzene rings is 10. The molecule has 0 aliphatic rings. The highest BCUT2D eigenvalue weighted by atomic mass is 16.1. The Morgan fingerprint density at radius 1 is 0.279 bits per heavy atom. The van der Waals surface area contributed by atoms with Gasteiger partial charge in [-0.3, -0.25) is 9.20 Å². The highest BCUT2D eigenvalue weighted by Gasteiger charge is 2.20. The summed E-state index contributed by atoms with van der Waals surface area (Å²) < 4.78 is 6.76. The molecule has 0 fully saturated rings. The van der Waals surface area contributed by atoms with Gasteiger partial charge in [-0.05, 0) is 111 Å². The molecule has 282 valence electrons. The highest BCUT2D eigenvalue weighted by Crippen LogP contribution is 2.41. The maximum atomic E-state index is 13.9. The lowest BCUT2D eigenvalue weighted by molar-refractivity contribution is 1.17. The van der Waals surface area contributed by atoms with Crippen LogP contribution in [0.3, 0.4) is 0 Å². The third kappa shape index (κ3) is 4.40. The monoisotopic (exact) mass is 775 g/mol.